The lowest BCUT2D eigenvalue weighted by molar-refractivity contribution is -0.384. The molecule has 1 heterocycles. The number of nitro groups is 1. The number of non-ortho nitro benzene ring substituents is 1. The van der Waals surface area contributed by atoms with Crippen molar-refractivity contribution in [3.05, 3.63) is 69.9 Å². The maximum absolute atomic E-state index is 10.9. The standard InChI is InChI=1S/C27H34N4O3/c1-5-30(6-2)17-7-8-20(3)28-27-18-22(29-26-16-15-24(34-4)19-25(26)27)12-9-21-10-13-23(14-11-21)31(32)33/h9-16,18-20H,5-8,17H2,1-4H3,(H,28,29)/b12-9+/t20-/m1/s1. The number of fused-ring (bicyclic) bond motifs is 1. The molecule has 0 fully saturated rings. The summed E-state index contributed by atoms with van der Waals surface area (Å²) in [6.07, 6.45) is 6.05. The van der Waals surface area contributed by atoms with E-state index in [9.17, 15) is 10.1 Å². The number of rotatable bonds is 12. The zero-order chi connectivity index (χ0) is 24.5. The maximum atomic E-state index is 10.9. The van der Waals surface area contributed by atoms with Gasteiger partial charge in [0.05, 0.1) is 23.2 Å². The van der Waals surface area contributed by atoms with Crippen molar-refractivity contribution in [1.29, 1.82) is 0 Å². The Morgan fingerprint density at radius 2 is 1.85 bits per heavy atom. The van der Waals surface area contributed by atoms with Crippen molar-refractivity contribution in [2.75, 3.05) is 32.1 Å². The Bertz CT molecular complexity index is 1120. The highest BCUT2D eigenvalue weighted by Gasteiger charge is 2.10. The fraction of sp³-hybridized carbons (Fsp3) is 0.370. The van der Waals surface area contributed by atoms with Crippen LogP contribution >= 0.6 is 0 Å². The summed E-state index contributed by atoms with van der Waals surface area (Å²) in [7, 11) is 1.67. The molecule has 0 unspecified atom stereocenters. The van der Waals surface area contributed by atoms with Crippen LogP contribution in [-0.4, -0.2) is 47.6 Å². The van der Waals surface area contributed by atoms with Gasteiger partial charge in [-0.2, -0.15) is 0 Å². The van der Waals surface area contributed by atoms with Crippen LogP contribution < -0.4 is 10.1 Å². The maximum Gasteiger partial charge on any atom is 0.269 e. The normalized spacial score (nSPS) is 12.4. The van der Waals surface area contributed by atoms with Gasteiger partial charge in [-0.05, 0) is 87.4 Å². The second-order valence-corrected chi connectivity index (χ2v) is 8.37. The molecular weight excluding hydrogens is 428 g/mol. The molecule has 7 heteroatoms. The van der Waals surface area contributed by atoms with Gasteiger partial charge in [0.1, 0.15) is 5.75 Å². The van der Waals surface area contributed by atoms with Crippen molar-refractivity contribution in [2.45, 2.75) is 39.7 Å². The van der Waals surface area contributed by atoms with Crippen LogP contribution in [0.15, 0.2) is 48.5 Å². The molecule has 0 aliphatic rings. The summed E-state index contributed by atoms with van der Waals surface area (Å²) in [5, 5.41) is 15.6. The lowest BCUT2D eigenvalue weighted by atomic mass is 10.1. The molecule has 0 amide bonds. The van der Waals surface area contributed by atoms with Crippen LogP contribution in [0.4, 0.5) is 11.4 Å². The number of nitro benzene ring substituents is 1. The lowest BCUT2D eigenvalue weighted by Crippen LogP contribution is -2.25. The molecule has 0 aliphatic heterocycles. The molecule has 7 nitrogen and oxygen atoms in total. The van der Waals surface area contributed by atoms with E-state index >= 15 is 0 Å². The van der Waals surface area contributed by atoms with Crippen molar-refractivity contribution >= 4 is 34.4 Å². The first-order valence-corrected chi connectivity index (χ1v) is 11.8. The number of pyridine rings is 1. The van der Waals surface area contributed by atoms with Gasteiger partial charge in [0.2, 0.25) is 0 Å². The van der Waals surface area contributed by atoms with Gasteiger partial charge in [-0.15, -0.1) is 0 Å². The molecule has 180 valence electrons. The zero-order valence-electron chi connectivity index (χ0n) is 20.5. The first-order chi connectivity index (χ1) is 16.4. The van der Waals surface area contributed by atoms with Crippen LogP contribution in [-0.2, 0) is 0 Å². The van der Waals surface area contributed by atoms with E-state index in [-0.39, 0.29) is 5.69 Å². The summed E-state index contributed by atoms with van der Waals surface area (Å²) >= 11 is 0. The molecule has 34 heavy (non-hydrogen) atoms. The first-order valence-electron chi connectivity index (χ1n) is 11.8. The lowest BCUT2D eigenvalue weighted by Gasteiger charge is -2.21. The molecule has 0 aliphatic carbocycles. The number of nitrogens with one attached hydrogen (secondary N) is 1. The van der Waals surface area contributed by atoms with E-state index in [1.165, 1.54) is 12.1 Å². The van der Waals surface area contributed by atoms with E-state index in [1.54, 1.807) is 19.2 Å². The van der Waals surface area contributed by atoms with E-state index in [1.807, 2.05) is 36.4 Å². The third-order valence-corrected chi connectivity index (χ3v) is 5.99. The number of ether oxygens (including phenoxy) is 1. The quantitative estimate of drug-likeness (QED) is 0.253. The van der Waals surface area contributed by atoms with Crippen LogP contribution in [0.3, 0.4) is 0 Å². The molecule has 1 atom stereocenters. The van der Waals surface area contributed by atoms with Gasteiger partial charge in [0.15, 0.2) is 0 Å². The number of hydrogen-bond acceptors (Lipinski definition) is 6. The number of benzene rings is 2. The van der Waals surface area contributed by atoms with E-state index in [4.69, 9.17) is 9.72 Å². The highest BCUT2D eigenvalue weighted by molar-refractivity contribution is 5.94. The minimum absolute atomic E-state index is 0.0800. The van der Waals surface area contributed by atoms with Gasteiger partial charge in [0, 0.05) is 29.2 Å². The third-order valence-electron chi connectivity index (χ3n) is 5.99. The molecule has 1 aromatic heterocycles. The monoisotopic (exact) mass is 462 g/mol. The zero-order valence-corrected chi connectivity index (χ0v) is 20.5. The predicted molar refractivity (Wildman–Crippen MR) is 140 cm³/mol. The summed E-state index contributed by atoms with van der Waals surface area (Å²) in [5.41, 5.74) is 3.67. The summed E-state index contributed by atoms with van der Waals surface area (Å²) in [4.78, 5) is 17.7. The van der Waals surface area contributed by atoms with Crippen LogP contribution in [0.25, 0.3) is 23.1 Å². The Labute approximate surface area is 201 Å². The molecule has 3 rings (SSSR count). The SMILES string of the molecule is CCN(CC)CCC[C@@H](C)Nc1cc(/C=C/c2ccc([N+](=O)[O-])cc2)nc2ccc(OC)cc12. The largest absolute Gasteiger partial charge is 0.497 e. The predicted octanol–water partition coefficient (Wildman–Crippen LogP) is 6.24. The number of anilines is 1. The highest BCUT2D eigenvalue weighted by atomic mass is 16.6. The summed E-state index contributed by atoms with van der Waals surface area (Å²) in [6, 6.07) is 14.7. The Kier molecular flexibility index (Phi) is 8.99. The molecule has 0 saturated heterocycles. The minimum atomic E-state index is -0.395. The van der Waals surface area contributed by atoms with Crippen LogP contribution in [0.5, 0.6) is 5.75 Å². The average molecular weight is 463 g/mol. The fourth-order valence-corrected chi connectivity index (χ4v) is 3.94. The first kappa shape index (κ1) is 25.2. The molecule has 2 aromatic carbocycles. The minimum Gasteiger partial charge on any atom is -0.497 e. The fourth-order valence-electron chi connectivity index (χ4n) is 3.94. The van der Waals surface area contributed by atoms with Crippen LogP contribution in [0.2, 0.25) is 0 Å². The van der Waals surface area contributed by atoms with Gasteiger partial charge < -0.3 is 15.0 Å². The second-order valence-electron chi connectivity index (χ2n) is 8.37. The number of methoxy groups -OCH3 is 1. The summed E-state index contributed by atoms with van der Waals surface area (Å²) in [6.45, 7) is 9.88. The molecular formula is C27H34N4O3. The summed E-state index contributed by atoms with van der Waals surface area (Å²) in [5.74, 6) is 0.792. The van der Waals surface area contributed by atoms with Gasteiger partial charge in [0.25, 0.3) is 5.69 Å². The molecule has 0 saturated carbocycles. The highest BCUT2D eigenvalue weighted by Crippen LogP contribution is 2.29. The Morgan fingerprint density at radius 1 is 1.12 bits per heavy atom. The van der Waals surface area contributed by atoms with Crippen molar-refractivity contribution in [3.63, 3.8) is 0 Å². The van der Waals surface area contributed by atoms with Crippen molar-refractivity contribution in [2.24, 2.45) is 0 Å². The smallest absolute Gasteiger partial charge is 0.269 e. The third kappa shape index (κ3) is 6.78. The number of hydrogen-bond donors (Lipinski definition) is 1. The average Bonchev–Trinajstić information content (AvgIpc) is 2.85. The number of nitrogens with zero attached hydrogens (tertiary/aromatic N) is 3. The van der Waals surface area contributed by atoms with Crippen molar-refractivity contribution in [1.82, 2.24) is 9.88 Å². The van der Waals surface area contributed by atoms with Crippen molar-refractivity contribution < 1.29 is 9.66 Å². The molecule has 0 radical (unpaired) electrons. The van der Waals surface area contributed by atoms with Crippen LogP contribution in [0.1, 0.15) is 44.9 Å². The van der Waals surface area contributed by atoms with Gasteiger partial charge in [-0.25, -0.2) is 4.98 Å². The second kappa shape index (κ2) is 12.1. The van der Waals surface area contributed by atoms with E-state index in [0.717, 1.165) is 66.1 Å². The number of aromatic nitrogens is 1. The van der Waals surface area contributed by atoms with E-state index < -0.39 is 4.92 Å². The van der Waals surface area contributed by atoms with Crippen molar-refractivity contribution in [3.8, 4) is 5.75 Å². The van der Waals surface area contributed by atoms with Gasteiger partial charge in [-0.3, -0.25) is 10.1 Å². The topological polar surface area (TPSA) is 80.5 Å². The van der Waals surface area contributed by atoms with E-state index in [0.29, 0.717) is 6.04 Å². The Morgan fingerprint density at radius 3 is 2.50 bits per heavy atom. The molecule has 0 spiro atoms. The van der Waals surface area contributed by atoms with E-state index in [2.05, 4.69) is 31.0 Å². The van der Waals surface area contributed by atoms with Crippen LogP contribution in [0, 0.1) is 10.1 Å². The van der Waals surface area contributed by atoms with Gasteiger partial charge >= 0.3 is 0 Å². The molecule has 3 aromatic rings. The summed E-state index contributed by atoms with van der Waals surface area (Å²) < 4.78 is 5.44. The van der Waals surface area contributed by atoms with Gasteiger partial charge in [-0.1, -0.05) is 19.9 Å². The Balaban J connectivity index is 1.82. The molecule has 0 bridgehead atoms. The molecule has 1 N–H and O–H groups in total. The Hall–Kier alpha value is -3.45.